The fraction of sp³-hybridized carbons (Fsp3) is 0.250. The summed E-state index contributed by atoms with van der Waals surface area (Å²) in [6.07, 6.45) is 0. The lowest BCUT2D eigenvalue weighted by Gasteiger charge is -2.07. The molecule has 0 radical (unpaired) electrons. The summed E-state index contributed by atoms with van der Waals surface area (Å²) in [5.74, 6) is 0. The van der Waals surface area contributed by atoms with Crippen molar-refractivity contribution in [2.75, 3.05) is 5.73 Å². The first-order valence-electron chi connectivity index (χ1n) is 5.22. The molecular weight excluding hydrogens is 302 g/mol. The van der Waals surface area contributed by atoms with Gasteiger partial charge in [0.2, 0.25) is 0 Å². The zero-order valence-corrected chi connectivity index (χ0v) is 12.0. The van der Waals surface area contributed by atoms with Gasteiger partial charge in [0.25, 0.3) is 0 Å². The van der Waals surface area contributed by atoms with E-state index < -0.39 is 0 Å². The van der Waals surface area contributed by atoms with Gasteiger partial charge in [0.15, 0.2) is 0 Å². The Bertz CT molecular complexity index is 563. The monoisotopic (exact) mass is 313 g/mol. The Kier molecular flexibility index (Phi) is 3.45. The zero-order valence-electron chi connectivity index (χ0n) is 9.67. The van der Waals surface area contributed by atoms with Gasteiger partial charge in [-0.3, -0.25) is 4.68 Å². The smallest absolute Gasteiger partial charge is 0.0738 e. The lowest BCUT2D eigenvalue weighted by atomic mass is 10.2. The molecule has 1 heterocycles. The average molecular weight is 315 g/mol. The highest BCUT2D eigenvalue weighted by Crippen LogP contribution is 2.24. The first kappa shape index (κ1) is 12.5. The molecule has 17 heavy (non-hydrogen) atoms. The van der Waals surface area contributed by atoms with Crippen LogP contribution >= 0.6 is 27.5 Å². The van der Waals surface area contributed by atoms with Crippen molar-refractivity contribution in [2.45, 2.75) is 20.4 Å². The van der Waals surface area contributed by atoms with E-state index >= 15 is 0 Å². The molecule has 2 N–H and O–H groups in total. The molecule has 2 aromatic rings. The second kappa shape index (κ2) is 4.70. The number of nitrogen functional groups attached to an aromatic ring is 1. The van der Waals surface area contributed by atoms with E-state index in [9.17, 15) is 0 Å². The van der Waals surface area contributed by atoms with E-state index in [1.807, 2.05) is 30.7 Å². The van der Waals surface area contributed by atoms with Gasteiger partial charge >= 0.3 is 0 Å². The van der Waals surface area contributed by atoms with Crippen molar-refractivity contribution >= 4 is 33.2 Å². The van der Waals surface area contributed by atoms with Gasteiger partial charge in [-0.2, -0.15) is 5.10 Å². The third-order valence-electron chi connectivity index (χ3n) is 2.69. The van der Waals surface area contributed by atoms with Crippen molar-refractivity contribution in [3.05, 3.63) is 44.6 Å². The molecule has 0 aliphatic carbocycles. The predicted molar refractivity (Wildman–Crippen MR) is 74.4 cm³/mol. The summed E-state index contributed by atoms with van der Waals surface area (Å²) in [7, 11) is 0. The number of hydrogen-bond donors (Lipinski definition) is 1. The summed E-state index contributed by atoms with van der Waals surface area (Å²) in [5, 5.41) is 5.12. The molecule has 2 rings (SSSR count). The van der Waals surface area contributed by atoms with E-state index in [1.165, 1.54) is 0 Å². The minimum Gasteiger partial charge on any atom is -0.399 e. The molecule has 0 unspecified atom stereocenters. The number of rotatable bonds is 2. The average Bonchev–Trinajstić information content (AvgIpc) is 2.50. The van der Waals surface area contributed by atoms with Crippen molar-refractivity contribution in [2.24, 2.45) is 0 Å². The number of aryl methyl sites for hydroxylation is 1. The molecule has 1 aromatic heterocycles. The highest BCUT2D eigenvalue weighted by Gasteiger charge is 2.10. The molecule has 0 fully saturated rings. The van der Waals surface area contributed by atoms with Crippen molar-refractivity contribution in [1.82, 2.24) is 9.78 Å². The van der Waals surface area contributed by atoms with E-state index in [0.717, 1.165) is 21.4 Å². The molecule has 5 heteroatoms. The van der Waals surface area contributed by atoms with Gasteiger partial charge in [-0.15, -0.1) is 0 Å². The fourth-order valence-electron chi connectivity index (χ4n) is 1.68. The lowest BCUT2D eigenvalue weighted by molar-refractivity contribution is 0.659. The topological polar surface area (TPSA) is 43.8 Å². The van der Waals surface area contributed by atoms with Gasteiger partial charge in [-0.05, 0) is 47.5 Å². The van der Waals surface area contributed by atoms with Crippen LogP contribution in [0.15, 0.2) is 22.7 Å². The minimum absolute atomic E-state index is 0.650. The van der Waals surface area contributed by atoms with Crippen LogP contribution in [0.25, 0.3) is 0 Å². The molecule has 1 aromatic carbocycles. The third kappa shape index (κ3) is 2.48. The Morgan fingerprint density at radius 3 is 2.65 bits per heavy atom. The van der Waals surface area contributed by atoms with Crippen LogP contribution in [0.2, 0.25) is 5.02 Å². The van der Waals surface area contributed by atoms with Gasteiger partial charge in [0.05, 0.1) is 22.4 Å². The molecule has 0 spiro atoms. The maximum atomic E-state index is 6.15. The predicted octanol–water partition coefficient (Wildman–Crippen LogP) is 3.55. The van der Waals surface area contributed by atoms with Crippen molar-refractivity contribution in [3.63, 3.8) is 0 Å². The Labute approximate surface area is 114 Å². The Balaban J connectivity index is 2.34. The van der Waals surface area contributed by atoms with Crippen LogP contribution in [-0.4, -0.2) is 9.78 Å². The lowest BCUT2D eigenvalue weighted by Crippen LogP contribution is -2.04. The van der Waals surface area contributed by atoms with Gasteiger partial charge < -0.3 is 5.73 Å². The molecule has 0 bridgehead atoms. The highest BCUT2D eigenvalue weighted by molar-refractivity contribution is 9.10. The van der Waals surface area contributed by atoms with E-state index in [4.69, 9.17) is 17.3 Å². The maximum absolute atomic E-state index is 6.15. The van der Waals surface area contributed by atoms with Gasteiger partial charge in [0.1, 0.15) is 0 Å². The summed E-state index contributed by atoms with van der Waals surface area (Å²) in [4.78, 5) is 0. The van der Waals surface area contributed by atoms with Crippen LogP contribution in [0.1, 0.15) is 17.0 Å². The molecule has 0 aliphatic heterocycles. The quantitative estimate of drug-likeness (QED) is 0.862. The molecule has 90 valence electrons. The van der Waals surface area contributed by atoms with Crippen LogP contribution in [0.4, 0.5) is 5.69 Å². The van der Waals surface area contributed by atoms with E-state index in [1.54, 1.807) is 6.07 Å². The van der Waals surface area contributed by atoms with Crippen LogP contribution < -0.4 is 5.73 Å². The molecule has 0 saturated carbocycles. The Hall–Kier alpha value is -1.000. The number of halogens is 2. The number of nitrogens with zero attached hydrogens (tertiary/aromatic N) is 2. The number of hydrogen-bond acceptors (Lipinski definition) is 2. The second-order valence-electron chi connectivity index (χ2n) is 3.99. The van der Waals surface area contributed by atoms with Crippen molar-refractivity contribution in [1.29, 1.82) is 0 Å². The summed E-state index contributed by atoms with van der Waals surface area (Å²) >= 11 is 9.65. The van der Waals surface area contributed by atoms with Crippen LogP contribution in [0.5, 0.6) is 0 Å². The molecule has 0 saturated heterocycles. The third-order valence-corrected chi connectivity index (χ3v) is 4.19. The van der Waals surface area contributed by atoms with Crippen LogP contribution in [-0.2, 0) is 6.54 Å². The zero-order chi connectivity index (χ0) is 12.6. The van der Waals surface area contributed by atoms with Gasteiger partial charge in [-0.1, -0.05) is 17.7 Å². The summed E-state index contributed by atoms with van der Waals surface area (Å²) < 4.78 is 2.97. The van der Waals surface area contributed by atoms with Crippen LogP contribution in [0.3, 0.4) is 0 Å². The van der Waals surface area contributed by atoms with Crippen molar-refractivity contribution < 1.29 is 0 Å². The SMILES string of the molecule is Cc1nn(Cc2ccc(N)cc2Cl)c(C)c1Br. The molecule has 0 amide bonds. The summed E-state index contributed by atoms with van der Waals surface area (Å²) in [5.41, 5.74) is 9.43. The maximum Gasteiger partial charge on any atom is 0.0738 e. The van der Waals surface area contributed by atoms with Gasteiger partial charge in [0, 0.05) is 10.7 Å². The molecule has 3 nitrogen and oxygen atoms in total. The Morgan fingerprint density at radius 2 is 2.12 bits per heavy atom. The number of aromatic nitrogens is 2. The van der Waals surface area contributed by atoms with E-state index in [-0.39, 0.29) is 0 Å². The normalized spacial score (nSPS) is 10.8. The Morgan fingerprint density at radius 1 is 1.41 bits per heavy atom. The number of nitrogens with two attached hydrogens (primary N) is 1. The van der Waals surface area contributed by atoms with Gasteiger partial charge in [-0.25, -0.2) is 0 Å². The fourth-order valence-corrected chi connectivity index (χ4v) is 2.21. The highest BCUT2D eigenvalue weighted by atomic mass is 79.9. The summed E-state index contributed by atoms with van der Waals surface area (Å²) in [6.45, 7) is 4.64. The second-order valence-corrected chi connectivity index (χ2v) is 5.19. The molecular formula is C12H13BrClN3. The number of anilines is 1. The first-order chi connectivity index (χ1) is 7.99. The van der Waals surface area contributed by atoms with Crippen LogP contribution in [0, 0.1) is 13.8 Å². The van der Waals surface area contributed by atoms with E-state index in [2.05, 4.69) is 21.0 Å². The largest absolute Gasteiger partial charge is 0.399 e. The van der Waals surface area contributed by atoms with E-state index in [0.29, 0.717) is 17.3 Å². The minimum atomic E-state index is 0.650. The molecule has 0 atom stereocenters. The standard InChI is InChI=1S/C12H13BrClN3/c1-7-12(13)8(2)17(16-7)6-9-3-4-10(15)5-11(9)14/h3-5H,6,15H2,1-2H3. The molecule has 0 aliphatic rings. The number of benzene rings is 1. The summed E-state index contributed by atoms with van der Waals surface area (Å²) in [6, 6.07) is 5.54. The first-order valence-corrected chi connectivity index (χ1v) is 6.39. The van der Waals surface area contributed by atoms with Crippen molar-refractivity contribution in [3.8, 4) is 0 Å².